The molecule has 0 radical (unpaired) electrons. The normalized spacial score (nSPS) is 11.5. The van der Waals surface area contributed by atoms with Crippen LogP contribution in [0.5, 0.6) is 23.0 Å². The number of amides is 8. The first-order valence-corrected chi connectivity index (χ1v) is 42.6. The van der Waals surface area contributed by atoms with Crippen molar-refractivity contribution in [2.75, 3.05) is 21.3 Å². The highest BCUT2D eigenvalue weighted by Gasteiger charge is 2.26. The molecule has 0 fully saturated rings. The number of para-hydroxylation sites is 4. The lowest BCUT2D eigenvalue weighted by molar-refractivity contribution is -0.385. The monoisotopic (exact) mass is 1870 g/mol. The van der Waals surface area contributed by atoms with Gasteiger partial charge in [-0.05, 0) is 194 Å². The number of non-ortho nitro benzene ring substituents is 4. The van der Waals surface area contributed by atoms with E-state index in [1.807, 2.05) is 0 Å². The number of aromatic nitrogens is 4. The number of carbonyl (C=O) groups excluding carboxylic acids is 4. The molecule has 8 amide bonds. The fraction of sp³-hybridized carbons (Fsp3) is 0.0400. The number of aromatic hydroxyl groups is 4. The lowest BCUT2D eigenvalue weighted by Gasteiger charge is -2.15. The molecule has 140 heavy (non-hydrogen) atoms. The summed E-state index contributed by atoms with van der Waals surface area (Å²) in [6, 6.07) is 71.4. The maximum Gasteiger partial charge on any atom is 0.319 e. The average molecular weight is 1870 g/mol. The molecule has 12 aromatic carbocycles. The van der Waals surface area contributed by atoms with Gasteiger partial charge >= 0.3 is 24.1 Å². The van der Waals surface area contributed by atoms with Gasteiger partial charge in [0.2, 0.25) is 0 Å². The summed E-state index contributed by atoms with van der Waals surface area (Å²) in [7, 11) is 0. The number of urea groups is 4. The predicted octanol–water partition coefficient (Wildman–Crippen LogP) is 24.7. The molecule has 14 N–H and O–H groups in total. The molecule has 2 aliphatic heterocycles. The number of anilines is 4. The molecule has 0 spiro atoms. The van der Waals surface area contributed by atoms with E-state index in [4.69, 9.17) is 9.97 Å². The maximum atomic E-state index is 14.6. The van der Waals surface area contributed by atoms with Crippen LogP contribution in [0.25, 0.3) is 90.9 Å². The zero-order valence-electron chi connectivity index (χ0n) is 72.8. The molecule has 15 aromatic rings. The van der Waals surface area contributed by atoms with E-state index in [1.165, 1.54) is 170 Å². The molecular formula is C100H74N24O16. The second-order valence-electron chi connectivity index (χ2n) is 31.1. The van der Waals surface area contributed by atoms with Crippen LogP contribution in [0.3, 0.4) is 0 Å². The Balaban J connectivity index is 0.785. The molecule has 2 aliphatic rings. The summed E-state index contributed by atoms with van der Waals surface area (Å²) >= 11 is 0. The van der Waals surface area contributed by atoms with E-state index in [0.29, 0.717) is 112 Å². The molecule has 40 heteroatoms. The van der Waals surface area contributed by atoms with Gasteiger partial charge in [-0.15, -0.1) is 0 Å². The number of nitrogens with zero attached hydrogens (tertiary/aromatic N) is 14. The van der Waals surface area contributed by atoms with E-state index in [-0.39, 0.29) is 140 Å². The minimum absolute atomic E-state index is 0.137. The Morgan fingerprint density at radius 2 is 0.457 bits per heavy atom. The third-order valence-corrected chi connectivity index (χ3v) is 21.9. The molecule has 0 saturated carbocycles. The number of phenols is 4. The highest BCUT2D eigenvalue weighted by molar-refractivity contribution is 6.08. The number of H-pyrrole nitrogens is 2. The van der Waals surface area contributed by atoms with Crippen LogP contribution in [0, 0.1) is 40.5 Å². The Labute approximate surface area is 790 Å². The van der Waals surface area contributed by atoms with Gasteiger partial charge in [0.1, 0.15) is 23.0 Å². The van der Waals surface area contributed by atoms with Gasteiger partial charge in [0.05, 0.1) is 111 Å². The smallest absolute Gasteiger partial charge is 0.319 e. The molecule has 8 bridgehead atoms. The van der Waals surface area contributed by atoms with Crippen molar-refractivity contribution in [3.05, 3.63) is 377 Å². The predicted molar refractivity (Wildman–Crippen MR) is 526 cm³/mol. The van der Waals surface area contributed by atoms with Crippen molar-refractivity contribution in [2.24, 2.45) is 40.9 Å². The van der Waals surface area contributed by atoms with Gasteiger partial charge in [-0.1, -0.05) is 72.8 Å². The molecule has 0 saturated heterocycles. The number of nitro benzene ring substituents is 4. The van der Waals surface area contributed by atoms with Crippen LogP contribution >= 0.6 is 0 Å². The third kappa shape index (κ3) is 21.6. The van der Waals surface area contributed by atoms with Crippen molar-refractivity contribution in [1.82, 2.24) is 41.2 Å². The van der Waals surface area contributed by atoms with Gasteiger partial charge in [-0.3, -0.25) is 40.5 Å². The van der Waals surface area contributed by atoms with E-state index in [1.54, 1.807) is 146 Å². The Morgan fingerprint density at radius 3 is 0.664 bits per heavy atom. The van der Waals surface area contributed by atoms with Gasteiger partial charge in [0.15, 0.2) is 0 Å². The molecule has 5 heterocycles. The summed E-state index contributed by atoms with van der Waals surface area (Å²) in [4.78, 5) is 120. The highest BCUT2D eigenvalue weighted by Crippen LogP contribution is 2.45. The van der Waals surface area contributed by atoms with E-state index in [9.17, 15) is 80.1 Å². The first-order valence-electron chi connectivity index (χ1n) is 42.6. The Morgan fingerprint density at radius 1 is 0.264 bits per heavy atom. The molecular weight excluding hydrogens is 1790 g/mol. The quantitative estimate of drug-likeness (QED) is 0.0123. The Hall–Kier alpha value is -20.5. The van der Waals surface area contributed by atoms with Crippen LogP contribution in [0.4, 0.5) is 110 Å². The largest absolute Gasteiger partial charge is 0.508 e. The number of rotatable bonds is 28. The summed E-state index contributed by atoms with van der Waals surface area (Å²) in [5, 5.41) is 147. The molecule has 0 unspecified atom stereocenters. The standard InChI is InChI=1S/C100H74N24O16/c125-89-45-25-65(117-113-61-17-29-69(30-18-61)121(133)134)49-57(89)53-101-97(129)109-77-13-5-1-9-73(77)93-81-37-39-83(105-81)94(74-10-2-6-14-78(74)110-98(130)102-54-58-50-66(26-46-90(58)126)118-114-62-19-31-70(32-20-62)122(135)136)85-41-43-87(107-85)96(76-12-4-8-16-80(76)112-100(132)104-56-60-52-68(28-48-92(60)128)120-116-64-23-35-72(36-24-64)124(139)140)88-44-42-86(108-88)95(84-40-38-82(93)106-84)75-11-3-7-15-79(75)111-99(131)103-55-59-51-67(27-47-91(59)127)119-115-63-21-33-71(34-22-63)123(137)138/h1-52,105,108,125-128H,53-56H2,(H2,101,109,129)(H2,102,110,130)(H2,103,111,131)(H2,104,112,132). The lowest BCUT2D eigenvalue weighted by atomic mass is 10.0. The average Bonchev–Trinajstić information content (AvgIpc) is 1.60. The maximum absolute atomic E-state index is 14.6. The second-order valence-corrected chi connectivity index (χ2v) is 31.1. The summed E-state index contributed by atoms with van der Waals surface area (Å²) in [6.07, 6.45) is 7.11. The van der Waals surface area contributed by atoms with Crippen molar-refractivity contribution in [1.29, 1.82) is 0 Å². The number of hydrogen-bond acceptors (Lipinski definition) is 26. The second kappa shape index (κ2) is 41.1. The van der Waals surface area contributed by atoms with Gasteiger partial charge in [0.25, 0.3) is 22.7 Å². The molecule has 17 rings (SSSR count). The van der Waals surface area contributed by atoms with Crippen LogP contribution in [-0.2, 0) is 26.2 Å². The molecule has 0 aliphatic carbocycles. The van der Waals surface area contributed by atoms with Crippen molar-refractivity contribution >= 4 is 161 Å². The SMILES string of the molecule is O=C(NCc1cc(N=Nc2ccc([N+](=O)[O-])cc2)ccc1O)Nc1ccccc1-c1c2nc(c(-c3ccccc3NC(=O)NCc3cc(N=Nc4ccc([N+](=O)[O-])cc4)ccc3O)c3ccc([nH]3)c(-c3ccccc3NC(=O)NCc3cc(N=Nc4ccc([N+](=O)[O-])cc4)ccc3O)c3nc(c(-c4ccccc4NC(=O)NCc4cc(N=Nc5ccc([N+](=O)[O-])cc5)ccc4O)c4ccc1[nH]4)C=C3)C=C2. The van der Waals surface area contributed by atoms with E-state index in [0.717, 1.165) is 0 Å². The zero-order chi connectivity index (χ0) is 97.5. The van der Waals surface area contributed by atoms with Crippen molar-refractivity contribution < 1.29 is 59.3 Å². The van der Waals surface area contributed by atoms with Crippen LogP contribution in [0.15, 0.2) is 332 Å². The number of benzene rings is 12. The number of carbonyl (C=O) groups is 4. The molecule has 40 nitrogen and oxygen atoms in total. The lowest BCUT2D eigenvalue weighted by Crippen LogP contribution is -2.28. The van der Waals surface area contributed by atoms with Crippen LogP contribution < -0.4 is 42.5 Å². The number of fused-ring (bicyclic) bond motifs is 8. The zero-order valence-corrected chi connectivity index (χ0v) is 72.8. The van der Waals surface area contributed by atoms with Crippen LogP contribution in [0.1, 0.15) is 45.0 Å². The first-order chi connectivity index (χ1) is 67.9. The highest BCUT2D eigenvalue weighted by atomic mass is 16.6. The summed E-state index contributed by atoms with van der Waals surface area (Å²) < 4.78 is 0. The van der Waals surface area contributed by atoms with Crippen LogP contribution in [-0.4, -0.2) is 84.2 Å². The number of nitro groups is 4. The van der Waals surface area contributed by atoms with Gasteiger partial charge in [-0.25, -0.2) is 29.1 Å². The number of phenolic OH excluding ortho intramolecular Hbond substituents is 4. The van der Waals surface area contributed by atoms with Crippen molar-refractivity contribution in [3.63, 3.8) is 0 Å². The third-order valence-electron chi connectivity index (χ3n) is 21.9. The molecule has 3 aromatic heterocycles. The minimum atomic E-state index is -0.718. The summed E-state index contributed by atoms with van der Waals surface area (Å²) in [5.74, 6) is -0.717. The Kier molecular flexibility index (Phi) is 26.8. The summed E-state index contributed by atoms with van der Waals surface area (Å²) in [6.45, 7) is -0.913. The first kappa shape index (κ1) is 91.4. The number of nitrogens with one attached hydrogen (secondary N) is 10. The van der Waals surface area contributed by atoms with E-state index in [2.05, 4.69) is 93.4 Å². The number of hydrogen-bond donors (Lipinski definition) is 14. The van der Waals surface area contributed by atoms with E-state index >= 15 is 0 Å². The molecule has 690 valence electrons. The molecule has 0 atom stereocenters. The van der Waals surface area contributed by atoms with Gasteiger partial charge in [-0.2, -0.15) is 40.9 Å². The fourth-order valence-electron chi connectivity index (χ4n) is 15.1. The fourth-order valence-corrected chi connectivity index (χ4v) is 15.1. The summed E-state index contributed by atoms with van der Waals surface area (Å²) in [5.41, 5.74) is 10.1. The Bertz CT molecular complexity index is 6960. The van der Waals surface area contributed by atoms with Crippen molar-refractivity contribution in [3.8, 4) is 67.5 Å². The topological polar surface area (TPSA) is 574 Å². The minimum Gasteiger partial charge on any atom is -0.508 e. The van der Waals surface area contributed by atoms with Crippen molar-refractivity contribution in [2.45, 2.75) is 26.2 Å². The van der Waals surface area contributed by atoms with Gasteiger partial charge < -0.3 is 72.9 Å². The number of aromatic amines is 2. The van der Waals surface area contributed by atoms with E-state index < -0.39 is 43.8 Å². The van der Waals surface area contributed by atoms with Crippen LogP contribution in [0.2, 0.25) is 0 Å². The van der Waals surface area contributed by atoms with Gasteiger partial charge in [0, 0.05) is 164 Å². The number of azo groups is 4.